The first-order valence-corrected chi connectivity index (χ1v) is 8.72. The molecular formula is C22H16N2O5. The van der Waals surface area contributed by atoms with E-state index in [0.717, 1.165) is 4.90 Å². The van der Waals surface area contributed by atoms with Gasteiger partial charge in [0.1, 0.15) is 11.5 Å². The van der Waals surface area contributed by atoms with Gasteiger partial charge in [0, 0.05) is 11.8 Å². The van der Waals surface area contributed by atoms with E-state index in [-0.39, 0.29) is 11.1 Å². The molecule has 2 amide bonds. The van der Waals surface area contributed by atoms with Gasteiger partial charge in [0.15, 0.2) is 0 Å². The van der Waals surface area contributed by atoms with Gasteiger partial charge in [0.2, 0.25) is 0 Å². The molecule has 7 nitrogen and oxygen atoms in total. The molecule has 3 aromatic carbocycles. The number of hydrogen-bond acceptors (Lipinski definition) is 6. The number of nitrogens with two attached hydrogens (primary N) is 1. The van der Waals surface area contributed by atoms with Crippen molar-refractivity contribution in [2.75, 3.05) is 17.7 Å². The molecular weight excluding hydrogens is 372 g/mol. The summed E-state index contributed by atoms with van der Waals surface area (Å²) < 4.78 is 10.4. The molecule has 1 aliphatic heterocycles. The Morgan fingerprint density at radius 1 is 0.862 bits per heavy atom. The summed E-state index contributed by atoms with van der Waals surface area (Å²) in [6.45, 7) is 0. The predicted octanol–water partition coefficient (Wildman–Crippen LogP) is 3.65. The van der Waals surface area contributed by atoms with Crippen molar-refractivity contribution in [3.8, 4) is 11.5 Å². The van der Waals surface area contributed by atoms with Crippen molar-refractivity contribution in [1.82, 2.24) is 0 Å². The topological polar surface area (TPSA) is 98.9 Å². The van der Waals surface area contributed by atoms with Crippen LogP contribution in [0.2, 0.25) is 0 Å². The van der Waals surface area contributed by atoms with Gasteiger partial charge in [-0.3, -0.25) is 9.59 Å². The summed E-state index contributed by atoms with van der Waals surface area (Å²) in [5.74, 6) is -0.460. The molecule has 0 aromatic heterocycles. The summed E-state index contributed by atoms with van der Waals surface area (Å²) in [6, 6.07) is 17.7. The molecule has 0 atom stereocenters. The van der Waals surface area contributed by atoms with Gasteiger partial charge in [0.05, 0.1) is 29.5 Å². The van der Waals surface area contributed by atoms with Crippen molar-refractivity contribution in [3.63, 3.8) is 0 Å². The lowest BCUT2D eigenvalue weighted by atomic mass is 10.1. The van der Waals surface area contributed by atoms with Crippen LogP contribution >= 0.6 is 0 Å². The molecule has 0 spiro atoms. The fourth-order valence-electron chi connectivity index (χ4n) is 3.10. The number of methoxy groups -OCH3 is 1. The first-order valence-electron chi connectivity index (χ1n) is 8.72. The highest BCUT2D eigenvalue weighted by atomic mass is 16.5. The summed E-state index contributed by atoms with van der Waals surface area (Å²) in [4.78, 5) is 38.3. The molecule has 0 saturated carbocycles. The van der Waals surface area contributed by atoms with Gasteiger partial charge in [-0.2, -0.15) is 0 Å². The van der Waals surface area contributed by atoms with E-state index in [1.54, 1.807) is 36.4 Å². The average molecular weight is 388 g/mol. The van der Waals surface area contributed by atoms with Gasteiger partial charge in [0.25, 0.3) is 11.8 Å². The largest absolute Gasteiger partial charge is 0.465 e. The van der Waals surface area contributed by atoms with Crippen LogP contribution in [0.1, 0.15) is 31.1 Å². The standard InChI is InChI=1S/C22H16N2O5/c1-28-22(27)13-5-7-15(8-6-13)24-20(25)18-10-9-17(12-19(18)21(24)26)29-16-4-2-3-14(23)11-16/h2-12H,23H2,1H3. The summed E-state index contributed by atoms with van der Waals surface area (Å²) in [5, 5.41) is 0. The van der Waals surface area contributed by atoms with Crippen LogP contribution in [-0.4, -0.2) is 24.9 Å². The zero-order chi connectivity index (χ0) is 20.5. The smallest absolute Gasteiger partial charge is 0.337 e. The molecule has 0 bridgehead atoms. The number of amides is 2. The van der Waals surface area contributed by atoms with E-state index in [1.807, 2.05) is 0 Å². The number of carbonyl (C=O) groups is 3. The van der Waals surface area contributed by atoms with Gasteiger partial charge >= 0.3 is 5.97 Å². The SMILES string of the molecule is COC(=O)c1ccc(N2C(=O)c3ccc(Oc4cccc(N)c4)cc3C2=O)cc1. The molecule has 29 heavy (non-hydrogen) atoms. The fourth-order valence-corrected chi connectivity index (χ4v) is 3.10. The third-order valence-corrected chi connectivity index (χ3v) is 4.50. The number of benzene rings is 3. The highest BCUT2D eigenvalue weighted by Gasteiger charge is 2.37. The number of carbonyl (C=O) groups excluding carboxylic acids is 3. The number of nitrogens with zero attached hydrogens (tertiary/aromatic N) is 1. The van der Waals surface area contributed by atoms with E-state index in [0.29, 0.717) is 28.4 Å². The minimum atomic E-state index is -0.498. The van der Waals surface area contributed by atoms with E-state index in [1.165, 1.54) is 37.4 Å². The summed E-state index contributed by atoms with van der Waals surface area (Å²) in [7, 11) is 1.28. The second-order valence-electron chi connectivity index (χ2n) is 6.37. The Morgan fingerprint density at radius 3 is 2.24 bits per heavy atom. The molecule has 4 rings (SSSR count). The average Bonchev–Trinajstić information content (AvgIpc) is 2.97. The van der Waals surface area contributed by atoms with Crippen molar-refractivity contribution in [3.05, 3.63) is 83.4 Å². The summed E-state index contributed by atoms with van der Waals surface area (Å²) >= 11 is 0. The molecule has 1 aliphatic rings. The van der Waals surface area contributed by atoms with Crippen LogP contribution in [0.3, 0.4) is 0 Å². The molecule has 0 fully saturated rings. The molecule has 144 valence electrons. The summed E-state index contributed by atoms with van der Waals surface area (Å²) in [5.41, 5.74) is 7.52. The maximum atomic E-state index is 12.9. The number of nitrogen functional groups attached to an aromatic ring is 1. The van der Waals surface area contributed by atoms with Gasteiger partial charge in [-0.25, -0.2) is 9.69 Å². The van der Waals surface area contributed by atoms with Crippen molar-refractivity contribution in [1.29, 1.82) is 0 Å². The summed E-state index contributed by atoms with van der Waals surface area (Å²) in [6.07, 6.45) is 0. The number of fused-ring (bicyclic) bond motifs is 1. The number of esters is 1. The zero-order valence-corrected chi connectivity index (χ0v) is 15.4. The van der Waals surface area contributed by atoms with E-state index in [4.69, 9.17) is 10.5 Å². The van der Waals surface area contributed by atoms with Crippen LogP contribution in [-0.2, 0) is 4.74 Å². The Bertz CT molecular complexity index is 1140. The molecule has 0 aliphatic carbocycles. The number of rotatable bonds is 4. The molecule has 3 aromatic rings. The quantitative estimate of drug-likeness (QED) is 0.416. The predicted molar refractivity (Wildman–Crippen MR) is 106 cm³/mol. The van der Waals surface area contributed by atoms with Gasteiger partial charge in [-0.1, -0.05) is 6.07 Å². The Kier molecular flexibility index (Phi) is 4.48. The Morgan fingerprint density at radius 2 is 1.55 bits per heavy atom. The molecule has 7 heteroatoms. The Balaban J connectivity index is 1.62. The molecule has 0 saturated heterocycles. The van der Waals surface area contributed by atoms with E-state index in [9.17, 15) is 14.4 Å². The van der Waals surface area contributed by atoms with Crippen molar-refractivity contribution < 1.29 is 23.9 Å². The monoisotopic (exact) mass is 388 g/mol. The first-order chi connectivity index (χ1) is 14.0. The minimum absolute atomic E-state index is 0.244. The zero-order valence-electron chi connectivity index (χ0n) is 15.4. The Hall–Kier alpha value is -4.13. The van der Waals surface area contributed by atoms with Crippen molar-refractivity contribution in [2.24, 2.45) is 0 Å². The molecule has 0 unspecified atom stereocenters. The van der Waals surface area contributed by atoms with Gasteiger partial charge in [-0.15, -0.1) is 0 Å². The van der Waals surface area contributed by atoms with Crippen LogP contribution in [0.15, 0.2) is 66.7 Å². The number of hydrogen-bond donors (Lipinski definition) is 1. The molecule has 2 N–H and O–H groups in total. The molecule has 1 heterocycles. The van der Waals surface area contributed by atoms with Crippen LogP contribution in [0.4, 0.5) is 11.4 Å². The third kappa shape index (κ3) is 3.29. The van der Waals surface area contributed by atoms with E-state index < -0.39 is 17.8 Å². The van der Waals surface area contributed by atoms with E-state index in [2.05, 4.69) is 4.74 Å². The van der Waals surface area contributed by atoms with Crippen molar-refractivity contribution in [2.45, 2.75) is 0 Å². The third-order valence-electron chi connectivity index (χ3n) is 4.50. The maximum Gasteiger partial charge on any atom is 0.337 e. The normalized spacial score (nSPS) is 12.7. The van der Waals surface area contributed by atoms with Crippen molar-refractivity contribution >= 4 is 29.2 Å². The fraction of sp³-hybridized carbons (Fsp3) is 0.0455. The van der Waals surface area contributed by atoms with Crippen LogP contribution in [0, 0.1) is 0 Å². The highest BCUT2D eigenvalue weighted by Crippen LogP contribution is 2.32. The number of anilines is 2. The second-order valence-corrected chi connectivity index (χ2v) is 6.37. The van der Waals surface area contributed by atoms with Gasteiger partial charge < -0.3 is 15.2 Å². The van der Waals surface area contributed by atoms with Crippen LogP contribution in [0.5, 0.6) is 11.5 Å². The lowest BCUT2D eigenvalue weighted by Gasteiger charge is -2.14. The number of ether oxygens (including phenoxy) is 2. The lowest BCUT2D eigenvalue weighted by molar-refractivity contribution is 0.0600. The van der Waals surface area contributed by atoms with Crippen LogP contribution in [0.25, 0.3) is 0 Å². The highest BCUT2D eigenvalue weighted by molar-refractivity contribution is 6.34. The van der Waals surface area contributed by atoms with Crippen LogP contribution < -0.4 is 15.4 Å². The molecule has 0 radical (unpaired) electrons. The van der Waals surface area contributed by atoms with Gasteiger partial charge in [-0.05, 0) is 54.6 Å². The lowest BCUT2D eigenvalue weighted by Crippen LogP contribution is -2.29. The Labute approximate surface area is 166 Å². The van der Waals surface area contributed by atoms with E-state index >= 15 is 0 Å². The number of imide groups is 1. The maximum absolute atomic E-state index is 12.9. The second kappa shape index (κ2) is 7.12. The first kappa shape index (κ1) is 18.2. The minimum Gasteiger partial charge on any atom is -0.465 e.